The Kier molecular flexibility index (Phi) is 6.37. The van der Waals surface area contributed by atoms with E-state index < -0.39 is 0 Å². The van der Waals surface area contributed by atoms with Crippen LogP contribution >= 0.6 is 0 Å². The first-order valence-corrected chi connectivity index (χ1v) is 13.1. The van der Waals surface area contributed by atoms with Crippen molar-refractivity contribution in [1.82, 2.24) is 39.9 Å². The number of allylic oxidation sites excluding steroid dienone is 4. The first kappa shape index (κ1) is 26.4. The van der Waals surface area contributed by atoms with Crippen LogP contribution in [0.25, 0.3) is 66.9 Å². The minimum absolute atomic E-state index is 0. The topological polar surface area (TPSA) is 106 Å². The second-order valence-electron chi connectivity index (χ2n) is 10.0. The molecule has 5 heterocycles. The van der Waals surface area contributed by atoms with Crippen molar-refractivity contribution in [1.29, 1.82) is 0 Å². The molecule has 2 aliphatic heterocycles. The second-order valence-corrected chi connectivity index (χ2v) is 10.0. The molecule has 207 valence electrons. The summed E-state index contributed by atoms with van der Waals surface area (Å²) in [6.07, 6.45) is 8.31. The zero-order chi connectivity index (χ0) is 26.2. The maximum Gasteiger partial charge on any atom is 2.00 e. The zero-order valence-corrected chi connectivity index (χ0v) is 23.5. The minimum Gasteiger partial charge on any atom is -0.357 e. The van der Waals surface area contributed by atoms with Crippen LogP contribution in [-0.4, -0.2) is 29.9 Å². The number of hydrogen-bond donors (Lipinski definition) is 0. The van der Waals surface area contributed by atoms with Crippen LogP contribution in [0.2, 0.25) is 0 Å². The monoisotopic (exact) mass is 640 g/mol. The van der Waals surface area contributed by atoms with Crippen molar-refractivity contribution < 1.29 is 34.1 Å². The summed E-state index contributed by atoms with van der Waals surface area (Å²) in [5, 5.41) is 3.65. The third kappa shape index (κ3) is 3.95. The molecule has 8 bridgehead atoms. The van der Waals surface area contributed by atoms with Crippen LogP contribution in [0.15, 0.2) is 97.1 Å². The molecule has 2 unspecified atom stereocenters. The Morgan fingerprint density at radius 3 is 1.26 bits per heavy atom. The molecule has 0 amide bonds. The number of nitrogens with zero attached hydrogens (tertiary/aromatic N) is 8. The number of aromatic nitrogens is 8. The number of benzene rings is 3. The summed E-state index contributed by atoms with van der Waals surface area (Å²) in [7, 11) is 0. The van der Waals surface area contributed by atoms with Crippen LogP contribution < -0.4 is 9.97 Å². The quantitative estimate of drug-likeness (QED) is 0.192. The van der Waals surface area contributed by atoms with Crippen LogP contribution in [0.1, 0.15) is 23.5 Å². The van der Waals surface area contributed by atoms with E-state index in [0.717, 1.165) is 32.7 Å². The van der Waals surface area contributed by atoms with Gasteiger partial charge in [-0.25, -0.2) is 4.98 Å². The summed E-state index contributed by atoms with van der Waals surface area (Å²) in [6, 6.07) is 24.0. The molecule has 3 aromatic heterocycles. The first-order valence-electron chi connectivity index (χ1n) is 13.1. The fourth-order valence-electron chi connectivity index (χ4n) is 5.78. The standard InChI is InChI=1S/C32H18N8.2Cu/c1-2-10-18-17(9-1)25-33-26(18)38-28-21-13-5-6-14-22(21)30(35-28)40-32-24-16-8-7-15-23(24)31(36-32)39-29-20-12-4-3-11-19(20)27(34-29)37-25;;/h1-18H;;/q-2;+1;+2. The molecule has 0 saturated heterocycles. The predicted octanol–water partition coefficient (Wildman–Crippen LogP) is 5.78. The van der Waals surface area contributed by atoms with E-state index in [1.807, 2.05) is 84.9 Å². The van der Waals surface area contributed by atoms with Crippen molar-refractivity contribution in [2.24, 2.45) is 0 Å². The molecule has 2 atom stereocenters. The first-order chi connectivity index (χ1) is 19.8. The third-order valence-corrected chi connectivity index (χ3v) is 7.69. The van der Waals surface area contributed by atoms with E-state index in [0.29, 0.717) is 45.9 Å². The molecule has 0 spiro atoms. The van der Waals surface area contributed by atoms with E-state index >= 15 is 0 Å². The largest absolute Gasteiger partial charge is 2.00 e. The number of fused-ring (bicyclic) bond motifs is 20. The molecular formula is C32H18Cu2N8+. The smallest absolute Gasteiger partial charge is 0.357 e. The maximum atomic E-state index is 5.01. The van der Waals surface area contributed by atoms with Gasteiger partial charge in [-0.3, -0.25) is 4.98 Å². The Morgan fingerprint density at radius 1 is 0.452 bits per heavy atom. The van der Waals surface area contributed by atoms with Crippen molar-refractivity contribution in [2.45, 2.75) is 11.8 Å². The average molecular weight is 642 g/mol. The van der Waals surface area contributed by atoms with Gasteiger partial charge in [0, 0.05) is 45.6 Å². The van der Waals surface area contributed by atoms with E-state index in [-0.39, 0.29) is 46.0 Å². The molecule has 3 aromatic carbocycles. The van der Waals surface area contributed by atoms with Gasteiger partial charge in [0.2, 0.25) is 0 Å². The van der Waals surface area contributed by atoms with E-state index in [9.17, 15) is 0 Å². The molecule has 8 nitrogen and oxygen atoms in total. The summed E-state index contributed by atoms with van der Waals surface area (Å²) in [4.78, 5) is 39.5. The van der Waals surface area contributed by atoms with E-state index in [1.165, 1.54) is 0 Å². The molecule has 42 heavy (non-hydrogen) atoms. The van der Waals surface area contributed by atoms with Gasteiger partial charge in [0.15, 0.2) is 0 Å². The zero-order valence-electron chi connectivity index (χ0n) is 21.6. The Morgan fingerprint density at radius 2 is 0.833 bits per heavy atom. The van der Waals surface area contributed by atoms with Crippen molar-refractivity contribution in [3.63, 3.8) is 0 Å². The molecule has 1 aliphatic carbocycles. The van der Waals surface area contributed by atoms with Crippen molar-refractivity contribution >= 4 is 44.1 Å². The molecule has 0 saturated carbocycles. The van der Waals surface area contributed by atoms with Crippen LogP contribution in [0.5, 0.6) is 0 Å². The van der Waals surface area contributed by atoms with Gasteiger partial charge in [0.05, 0.1) is 23.3 Å². The summed E-state index contributed by atoms with van der Waals surface area (Å²) in [5.74, 6) is 2.39. The third-order valence-electron chi connectivity index (χ3n) is 7.69. The van der Waals surface area contributed by atoms with Gasteiger partial charge in [-0.15, -0.1) is 0 Å². The fraction of sp³-hybridized carbons (Fsp3) is 0.0625. The molecule has 0 N–H and O–H groups in total. The maximum absolute atomic E-state index is 5.01. The van der Waals surface area contributed by atoms with Gasteiger partial charge in [-0.1, -0.05) is 97.1 Å². The van der Waals surface area contributed by atoms with Gasteiger partial charge in [0.25, 0.3) is 0 Å². The SMILES string of the molecule is C1=CC2c3nc(nc4[n-]c(nc5nc(nc6[n-]c(n3)c3ccccc63)-c3ccccc3-5)c3ccccc43)C2C=C1.[Cu+2].[Cu+]. The number of rotatable bonds is 0. The Labute approximate surface area is 260 Å². The van der Waals surface area contributed by atoms with Gasteiger partial charge < -0.3 is 29.9 Å². The Balaban J connectivity index is 0.00000144. The molecule has 6 aromatic rings. The molecule has 9 rings (SSSR count). The summed E-state index contributed by atoms with van der Waals surface area (Å²) in [5.41, 5.74) is 4.11. The summed E-state index contributed by atoms with van der Waals surface area (Å²) in [6.45, 7) is 0. The van der Waals surface area contributed by atoms with Gasteiger partial charge in [-0.05, 0) is 21.5 Å². The number of hydrogen-bond acceptors (Lipinski definition) is 6. The Hall–Kier alpha value is -4.46. The minimum atomic E-state index is -0.0384. The molecule has 0 fully saturated rings. The summed E-state index contributed by atoms with van der Waals surface area (Å²) < 4.78 is 0. The predicted molar refractivity (Wildman–Crippen MR) is 153 cm³/mol. The Bertz CT molecular complexity index is 2110. The van der Waals surface area contributed by atoms with E-state index in [1.54, 1.807) is 0 Å². The van der Waals surface area contributed by atoms with Gasteiger partial charge >= 0.3 is 34.1 Å². The molecule has 1 radical (unpaired) electrons. The van der Waals surface area contributed by atoms with Crippen molar-refractivity contribution in [2.75, 3.05) is 0 Å². The average Bonchev–Trinajstić information content (AvgIpc) is 3.73. The van der Waals surface area contributed by atoms with Crippen LogP contribution in [0.4, 0.5) is 0 Å². The van der Waals surface area contributed by atoms with E-state index in [4.69, 9.17) is 39.9 Å². The summed E-state index contributed by atoms with van der Waals surface area (Å²) >= 11 is 0. The van der Waals surface area contributed by atoms with Crippen LogP contribution in [0, 0.1) is 0 Å². The van der Waals surface area contributed by atoms with Gasteiger partial charge in [0.1, 0.15) is 0 Å². The molecule has 10 heteroatoms. The van der Waals surface area contributed by atoms with E-state index in [2.05, 4.69) is 12.2 Å². The normalized spacial score (nSPS) is 16.5. The van der Waals surface area contributed by atoms with Crippen LogP contribution in [0.3, 0.4) is 0 Å². The molecule has 3 aliphatic rings. The van der Waals surface area contributed by atoms with Crippen LogP contribution in [-0.2, 0) is 34.1 Å². The fourth-order valence-corrected chi connectivity index (χ4v) is 5.78. The second kappa shape index (κ2) is 10.1. The molecular weight excluding hydrogens is 624 g/mol. The van der Waals surface area contributed by atoms with Gasteiger partial charge in [-0.2, -0.15) is 0 Å². The van der Waals surface area contributed by atoms with Crippen molar-refractivity contribution in [3.05, 3.63) is 109 Å². The van der Waals surface area contributed by atoms with Crippen molar-refractivity contribution in [3.8, 4) is 22.8 Å².